The summed E-state index contributed by atoms with van der Waals surface area (Å²) in [5.41, 5.74) is 0.338. The number of methoxy groups -OCH3 is 1. The maximum Gasteiger partial charge on any atom is 0.337 e. The molecule has 2 rings (SSSR count). The summed E-state index contributed by atoms with van der Waals surface area (Å²) in [6.45, 7) is 1.10. The topological polar surface area (TPSA) is 105 Å². The zero-order chi connectivity index (χ0) is 16.2. The Balaban J connectivity index is 2.17. The van der Waals surface area contributed by atoms with Crippen LogP contribution in [0.4, 0.5) is 5.69 Å². The van der Waals surface area contributed by atoms with Crippen LogP contribution in [0.3, 0.4) is 0 Å². The van der Waals surface area contributed by atoms with Crippen LogP contribution in [-0.4, -0.2) is 45.8 Å². The molecule has 0 radical (unpaired) electrons. The van der Waals surface area contributed by atoms with Crippen molar-refractivity contribution in [2.45, 2.75) is 30.2 Å². The van der Waals surface area contributed by atoms with E-state index in [1.54, 1.807) is 7.11 Å². The first-order valence-corrected chi connectivity index (χ1v) is 8.55. The van der Waals surface area contributed by atoms with Crippen molar-refractivity contribution in [1.29, 1.82) is 0 Å². The van der Waals surface area contributed by atoms with Crippen molar-refractivity contribution in [3.8, 4) is 0 Å². The third-order valence-electron chi connectivity index (χ3n) is 3.27. The number of sulfonamides is 1. The van der Waals surface area contributed by atoms with Gasteiger partial charge < -0.3 is 15.2 Å². The highest BCUT2D eigenvalue weighted by molar-refractivity contribution is 7.89. The lowest BCUT2D eigenvalue weighted by Gasteiger charge is -2.12. The first-order valence-electron chi connectivity index (χ1n) is 7.06. The highest BCUT2D eigenvalue weighted by Gasteiger charge is 2.28. The summed E-state index contributed by atoms with van der Waals surface area (Å²) in [7, 11) is -2.07. The van der Waals surface area contributed by atoms with Gasteiger partial charge in [0.1, 0.15) is 0 Å². The van der Waals surface area contributed by atoms with Crippen LogP contribution in [0.15, 0.2) is 23.1 Å². The molecule has 22 heavy (non-hydrogen) atoms. The van der Waals surface area contributed by atoms with Crippen LogP contribution >= 0.6 is 0 Å². The number of anilines is 1. The minimum atomic E-state index is -3.66. The lowest BCUT2D eigenvalue weighted by atomic mass is 10.2. The van der Waals surface area contributed by atoms with E-state index in [9.17, 15) is 18.3 Å². The minimum Gasteiger partial charge on any atom is -0.478 e. The Kier molecular flexibility index (Phi) is 5.38. The SMILES string of the molecule is COCCCNc1ccc(S(=O)(=O)NC2CC2)cc1C(=O)O. The van der Waals surface area contributed by atoms with E-state index >= 15 is 0 Å². The molecule has 1 fully saturated rings. The average molecular weight is 328 g/mol. The maximum absolute atomic E-state index is 12.1. The Bertz CT molecular complexity index is 641. The fraction of sp³-hybridized carbons (Fsp3) is 0.500. The molecule has 1 saturated carbocycles. The van der Waals surface area contributed by atoms with Gasteiger partial charge in [-0.1, -0.05) is 0 Å². The number of carbonyl (C=O) groups is 1. The van der Waals surface area contributed by atoms with Crippen LogP contribution in [-0.2, 0) is 14.8 Å². The highest BCUT2D eigenvalue weighted by Crippen LogP contribution is 2.25. The van der Waals surface area contributed by atoms with Crippen molar-refractivity contribution in [3.05, 3.63) is 23.8 Å². The molecule has 3 N–H and O–H groups in total. The van der Waals surface area contributed by atoms with Crippen LogP contribution in [0, 0.1) is 0 Å². The maximum atomic E-state index is 12.1. The van der Waals surface area contributed by atoms with Crippen molar-refractivity contribution in [2.24, 2.45) is 0 Å². The monoisotopic (exact) mass is 328 g/mol. The highest BCUT2D eigenvalue weighted by atomic mass is 32.2. The number of nitrogens with one attached hydrogen (secondary N) is 2. The number of rotatable bonds is 9. The molecule has 122 valence electrons. The van der Waals surface area contributed by atoms with Crippen molar-refractivity contribution >= 4 is 21.7 Å². The van der Waals surface area contributed by atoms with Gasteiger partial charge in [0.25, 0.3) is 0 Å². The van der Waals surface area contributed by atoms with Crippen molar-refractivity contribution in [3.63, 3.8) is 0 Å². The molecule has 0 heterocycles. The molecule has 0 amide bonds. The van der Waals surface area contributed by atoms with Crippen LogP contribution in [0.5, 0.6) is 0 Å². The predicted octanol–water partition coefficient (Wildman–Crippen LogP) is 1.27. The van der Waals surface area contributed by atoms with Gasteiger partial charge in [0.15, 0.2) is 0 Å². The van der Waals surface area contributed by atoms with E-state index in [2.05, 4.69) is 10.0 Å². The summed E-state index contributed by atoms with van der Waals surface area (Å²) < 4.78 is 31.7. The molecule has 1 aliphatic rings. The Hall–Kier alpha value is -1.64. The van der Waals surface area contributed by atoms with E-state index in [-0.39, 0.29) is 16.5 Å². The second-order valence-electron chi connectivity index (χ2n) is 5.18. The lowest BCUT2D eigenvalue weighted by Crippen LogP contribution is -2.26. The quantitative estimate of drug-likeness (QED) is 0.590. The summed E-state index contributed by atoms with van der Waals surface area (Å²) in [5, 5.41) is 12.3. The summed E-state index contributed by atoms with van der Waals surface area (Å²) in [4.78, 5) is 11.3. The number of hydrogen-bond donors (Lipinski definition) is 3. The van der Waals surface area contributed by atoms with Gasteiger partial charge in [-0.3, -0.25) is 0 Å². The number of ether oxygens (including phenoxy) is 1. The van der Waals surface area contributed by atoms with Gasteiger partial charge in [-0.2, -0.15) is 0 Å². The number of carboxylic acid groups (broad SMARTS) is 1. The van der Waals surface area contributed by atoms with Crippen LogP contribution in [0.1, 0.15) is 29.6 Å². The largest absolute Gasteiger partial charge is 0.478 e. The Morgan fingerprint density at radius 2 is 2.14 bits per heavy atom. The van der Waals surface area contributed by atoms with Gasteiger partial charge in [-0.05, 0) is 37.5 Å². The molecule has 1 aromatic carbocycles. The third-order valence-corrected chi connectivity index (χ3v) is 4.79. The zero-order valence-electron chi connectivity index (χ0n) is 12.3. The van der Waals surface area contributed by atoms with Crippen LogP contribution < -0.4 is 10.0 Å². The van der Waals surface area contributed by atoms with E-state index in [4.69, 9.17) is 4.74 Å². The fourth-order valence-corrected chi connectivity index (χ4v) is 3.28. The smallest absolute Gasteiger partial charge is 0.337 e. The van der Waals surface area contributed by atoms with E-state index in [1.807, 2.05) is 0 Å². The molecule has 1 aromatic rings. The van der Waals surface area contributed by atoms with E-state index < -0.39 is 16.0 Å². The van der Waals surface area contributed by atoms with Gasteiger partial charge in [0.05, 0.1) is 10.5 Å². The summed E-state index contributed by atoms with van der Waals surface area (Å²) >= 11 is 0. The molecule has 1 aliphatic carbocycles. The Labute approximate surface area is 129 Å². The van der Waals surface area contributed by atoms with Gasteiger partial charge in [0, 0.05) is 32.0 Å². The molecular weight excluding hydrogens is 308 g/mol. The molecule has 0 atom stereocenters. The number of carboxylic acids is 1. The lowest BCUT2D eigenvalue weighted by molar-refractivity contribution is 0.0697. The van der Waals surface area contributed by atoms with Crippen molar-refractivity contribution in [2.75, 3.05) is 25.6 Å². The minimum absolute atomic E-state index is 0.0230. The fourth-order valence-electron chi connectivity index (χ4n) is 1.95. The van der Waals surface area contributed by atoms with Gasteiger partial charge in [-0.25, -0.2) is 17.9 Å². The molecule has 0 aromatic heterocycles. The van der Waals surface area contributed by atoms with Crippen LogP contribution in [0.25, 0.3) is 0 Å². The molecule has 7 nitrogen and oxygen atoms in total. The molecule has 0 bridgehead atoms. The predicted molar refractivity (Wildman–Crippen MR) is 81.7 cm³/mol. The molecule has 0 spiro atoms. The number of benzene rings is 1. The standard InChI is InChI=1S/C14H20N2O5S/c1-21-8-2-7-15-13-6-5-11(9-12(13)14(17)18)22(19,20)16-10-3-4-10/h5-6,9-10,15-16H,2-4,7-8H2,1H3,(H,17,18). The third kappa shape index (κ3) is 4.43. The summed E-state index contributed by atoms with van der Waals surface area (Å²) in [6, 6.07) is 4.06. The second-order valence-corrected chi connectivity index (χ2v) is 6.90. The first kappa shape index (κ1) is 16.7. The summed E-state index contributed by atoms with van der Waals surface area (Å²) in [5.74, 6) is -1.17. The zero-order valence-corrected chi connectivity index (χ0v) is 13.1. The van der Waals surface area contributed by atoms with Gasteiger partial charge >= 0.3 is 5.97 Å². The van der Waals surface area contributed by atoms with Gasteiger partial charge in [-0.15, -0.1) is 0 Å². The Morgan fingerprint density at radius 3 is 2.73 bits per heavy atom. The molecule has 0 saturated heterocycles. The molecular formula is C14H20N2O5S. The van der Waals surface area contributed by atoms with Crippen molar-refractivity contribution < 1.29 is 23.1 Å². The van der Waals surface area contributed by atoms with E-state index in [1.165, 1.54) is 18.2 Å². The van der Waals surface area contributed by atoms with Crippen LogP contribution in [0.2, 0.25) is 0 Å². The number of hydrogen-bond acceptors (Lipinski definition) is 5. The van der Waals surface area contributed by atoms with Gasteiger partial charge in [0.2, 0.25) is 10.0 Å². The normalized spacial score (nSPS) is 14.8. The first-order chi connectivity index (χ1) is 10.4. The molecule has 8 heteroatoms. The second kappa shape index (κ2) is 7.08. The summed E-state index contributed by atoms with van der Waals surface area (Å²) in [6.07, 6.45) is 2.37. The van der Waals surface area contributed by atoms with E-state index in [0.29, 0.717) is 18.8 Å². The molecule has 0 unspecified atom stereocenters. The molecule has 0 aliphatic heterocycles. The Morgan fingerprint density at radius 1 is 1.41 bits per heavy atom. The average Bonchev–Trinajstić information content (AvgIpc) is 3.26. The van der Waals surface area contributed by atoms with E-state index in [0.717, 1.165) is 19.3 Å². The van der Waals surface area contributed by atoms with Crippen molar-refractivity contribution in [1.82, 2.24) is 4.72 Å². The number of aromatic carboxylic acids is 1.